The minimum absolute atomic E-state index is 0.000576. The van der Waals surface area contributed by atoms with Gasteiger partial charge in [-0.3, -0.25) is 9.35 Å². The van der Waals surface area contributed by atoms with Crippen LogP contribution in [0.1, 0.15) is 39.2 Å². The van der Waals surface area contributed by atoms with E-state index in [2.05, 4.69) is 0 Å². The van der Waals surface area contributed by atoms with Gasteiger partial charge in [0.1, 0.15) is 0 Å². The summed E-state index contributed by atoms with van der Waals surface area (Å²) in [5, 5.41) is 0. The highest BCUT2D eigenvalue weighted by Gasteiger charge is 2.27. The molecule has 1 rings (SSSR count). The maximum absolute atomic E-state index is 11.7. The summed E-state index contributed by atoms with van der Waals surface area (Å²) in [6, 6.07) is 6.02. The first-order chi connectivity index (χ1) is 9.99. The fraction of sp³-hybridized carbons (Fsp3) is 0.438. The Hall–Kier alpha value is -1.66. The second-order valence-corrected chi connectivity index (χ2v) is 7.29. The Labute approximate surface area is 131 Å². The van der Waals surface area contributed by atoms with Crippen LogP contribution in [0.4, 0.5) is 0 Å². The topological polar surface area (TPSA) is 80.7 Å². The van der Waals surface area contributed by atoms with Crippen LogP contribution in [0.2, 0.25) is 0 Å². The predicted octanol–water partition coefficient (Wildman–Crippen LogP) is 3.18. The molecule has 0 bridgehead atoms. The van der Waals surface area contributed by atoms with Gasteiger partial charge in [0.15, 0.2) is 0 Å². The van der Waals surface area contributed by atoms with E-state index in [1.54, 1.807) is 26.0 Å². The fourth-order valence-corrected chi connectivity index (χ4v) is 2.69. The van der Waals surface area contributed by atoms with Gasteiger partial charge in [-0.15, -0.1) is 0 Å². The van der Waals surface area contributed by atoms with Crippen LogP contribution in [-0.2, 0) is 19.6 Å². The third kappa shape index (κ3) is 4.42. The Morgan fingerprint density at radius 1 is 1.27 bits per heavy atom. The Kier molecular flexibility index (Phi) is 5.54. The van der Waals surface area contributed by atoms with Crippen molar-refractivity contribution in [1.29, 1.82) is 0 Å². The number of hydrogen-bond acceptors (Lipinski definition) is 4. The van der Waals surface area contributed by atoms with Gasteiger partial charge in [0, 0.05) is 5.92 Å². The molecule has 122 valence electrons. The van der Waals surface area contributed by atoms with Gasteiger partial charge in [0.05, 0.1) is 17.4 Å². The van der Waals surface area contributed by atoms with E-state index in [9.17, 15) is 13.2 Å². The first-order valence-electron chi connectivity index (χ1n) is 6.84. The maximum atomic E-state index is 11.7. The van der Waals surface area contributed by atoms with E-state index in [1.807, 2.05) is 19.9 Å². The zero-order chi connectivity index (χ0) is 17.1. The zero-order valence-corrected chi connectivity index (χ0v) is 14.3. The van der Waals surface area contributed by atoms with Gasteiger partial charge in [-0.05, 0) is 38.5 Å². The van der Waals surface area contributed by atoms with Gasteiger partial charge in [0.2, 0.25) is 0 Å². The number of rotatable bonds is 5. The van der Waals surface area contributed by atoms with Crippen LogP contribution in [0.15, 0.2) is 40.8 Å². The second kappa shape index (κ2) is 6.62. The van der Waals surface area contributed by atoms with Crippen LogP contribution in [0.5, 0.6) is 0 Å². The van der Waals surface area contributed by atoms with E-state index in [-0.39, 0.29) is 16.8 Å². The summed E-state index contributed by atoms with van der Waals surface area (Å²) in [6.07, 6.45) is 1.85. The zero-order valence-electron chi connectivity index (χ0n) is 13.5. The molecule has 0 radical (unpaired) electrons. The van der Waals surface area contributed by atoms with Crippen LogP contribution in [0.25, 0.3) is 0 Å². The first-order valence-corrected chi connectivity index (χ1v) is 8.28. The number of methoxy groups -OCH3 is 1. The van der Waals surface area contributed by atoms with Crippen molar-refractivity contribution in [2.24, 2.45) is 5.41 Å². The number of allylic oxidation sites excluding steroid dienone is 1. The molecule has 22 heavy (non-hydrogen) atoms. The van der Waals surface area contributed by atoms with Crippen molar-refractivity contribution in [3.8, 4) is 0 Å². The molecule has 1 unspecified atom stereocenters. The van der Waals surface area contributed by atoms with Gasteiger partial charge in [-0.25, -0.2) is 0 Å². The Bertz CT molecular complexity index is 669. The summed E-state index contributed by atoms with van der Waals surface area (Å²) in [5.74, 6) is -0.319. The van der Waals surface area contributed by atoms with Gasteiger partial charge >= 0.3 is 5.97 Å². The highest BCUT2D eigenvalue weighted by Crippen LogP contribution is 2.29. The normalized spacial score (nSPS) is 14.5. The van der Waals surface area contributed by atoms with E-state index in [4.69, 9.17) is 9.29 Å². The van der Waals surface area contributed by atoms with Crippen LogP contribution in [0.3, 0.4) is 0 Å². The molecule has 0 heterocycles. The van der Waals surface area contributed by atoms with Crippen LogP contribution in [0, 0.1) is 5.41 Å². The van der Waals surface area contributed by atoms with E-state index in [0.717, 1.165) is 11.1 Å². The van der Waals surface area contributed by atoms with E-state index < -0.39 is 15.5 Å². The van der Waals surface area contributed by atoms with Crippen molar-refractivity contribution in [1.82, 2.24) is 0 Å². The van der Waals surface area contributed by atoms with Crippen molar-refractivity contribution in [2.45, 2.75) is 38.5 Å². The average Bonchev–Trinajstić information content (AvgIpc) is 2.44. The van der Waals surface area contributed by atoms with Crippen molar-refractivity contribution in [2.75, 3.05) is 7.11 Å². The molecule has 1 N–H and O–H groups in total. The lowest BCUT2D eigenvalue weighted by molar-refractivity contribution is -0.148. The lowest BCUT2D eigenvalue weighted by Gasteiger charge is -2.21. The van der Waals surface area contributed by atoms with E-state index in [0.29, 0.717) is 0 Å². The molecule has 1 aromatic carbocycles. The molecule has 0 spiro atoms. The molecular formula is C16H22O5S. The second-order valence-electron chi connectivity index (χ2n) is 5.87. The van der Waals surface area contributed by atoms with Gasteiger partial charge in [-0.2, -0.15) is 8.42 Å². The van der Waals surface area contributed by atoms with E-state index in [1.165, 1.54) is 19.2 Å². The summed E-state index contributed by atoms with van der Waals surface area (Å²) in [4.78, 5) is 11.6. The molecule has 0 saturated carbocycles. The van der Waals surface area contributed by atoms with Crippen LogP contribution in [-0.4, -0.2) is 26.0 Å². The van der Waals surface area contributed by atoms with E-state index >= 15 is 0 Å². The number of esters is 1. The molecule has 0 fully saturated rings. The molecule has 0 aromatic heterocycles. The Balaban J connectivity index is 3.05. The molecule has 1 atom stereocenters. The molecule has 1 aromatic rings. The number of carbonyl (C=O) groups excluding carboxylic acids is 1. The van der Waals surface area contributed by atoms with Gasteiger partial charge in [-0.1, -0.05) is 30.7 Å². The van der Waals surface area contributed by atoms with Crippen molar-refractivity contribution in [3.05, 3.63) is 41.5 Å². The maximum Gasteiger partial charge on any atom is 0.315 e. The molecular weight excluding hydrogens is 304 g/mol. The fourth-order valence-electron chi connectivity index (χ4n) is 2.21. The van der Waals surface area contributed by atoms with Crippen LogP contribution >= 0.6 is 0 Å². The van der Waals surface area contributed by atoms with Crippen molar-refractivity contribution in [3.63, 3.8) is 0 Å². The predicted molar refractivity (Wildman–Crippen MR) is 84.2 cm³/mol. The first kappa shape index (κ1) is 18.4. The minimum Gasteiger partial charge on any atom is -0.468 e. The minimum atomic E-state index is -4.18. The summed E-state index contributed by atoms with van der Waals surface area (Å²) >= 11 is 0. The molecule has 5 nitrogen and oxygen atoms in total. The Morgan fingerprint density at radius 3 is 2.18 bits per heavy atom. The summed E-state index contributed by atoms with van der Waals surface area (Å²) in [6.45, 7) is 7.42. The SMILES string of the molecule is COC(=O)C(C)(C)C=C(C)C(C)c1ccc(S(=O)(=O)O)cc1. The molecule has 0 saturated heterocycles. The third-order valence-electron chi connectivity index (χ3n) is 3.66. The quantitative estimate of drug-likeness (QED) is 0.510. The molecule has 0 aliphatic rings. The molecule has 0 amide bonds. The monoisotopic (exact) mass is 326 g/mol. The lowest BCUT2D eigenvalue weighted by atomic mass is 9.85. The lowest BCUT2D eigenvalue weighted by Crippen LogP contribution is -2.23. The van der Waals surface area contributed by atoms with Crippen LogP contribution < -0.4 is 0 Å². The highest BCUT2D eigenvalue weighted by molar-refractivity contribution is 7.85. The largest absolute Gasteiger partial charge is 0.468 e. The number of benzene rings is 1. The van der Waals surface area contributed by atoms with Gasteiger partial charge in [0.25, 0.3) is 10.1 Å². The smallest absolute Gasteiger partial charge is 0.315 e. The number of hydrogen-bond donors (Lipinski definition) is 1. The number of carbonyl (C=O) groups is 1. The standard InChI is InChI=1S/C16H22O5S/c1-11(10-16(3,4)15(17)21-5)12(2)13-6-8-14(9-7-13)22(18,19)20/h6-10,12H,1-5H3,(H,18,19,20). The van der Waals surface area contributed by atoms with Crippen molar-refractivity contribution >= 4 is 16.1 Å². The van der Waals surface area contributed by atoms with Crippen molar-refractivity contribution < 1.29 is 22.5 Å². The highest BCUT2D eigenvalue weighted by atomic mass is 32.2. The Morgan fingerprint density at radius 2 is 1.77 bits per heavy atom. The summed E-state index contributed by atoms with van der Waals surface area (Å²) < 4.78 is 35.8. The molecule has 0 aliphatic heterocycles. The molecule has 6 heteroatoms. The summed E-state index contributed by atoms with van der Waals surface area (Å²) in [5.41, 5.74) is 1.12. The third-order valence-corrected chi connectivity index (χ3v) is 4.53. The number of ether oxygens (including phenoxy) is 1. The summed E-state index contributed by atoms with van der Waals surface area (Å²) in [7, 11) is -2.83. The van der Waals surface area contributed by atoms with Gasteiger partial charge < -0.3 is 4.74 Å². The average molecular weight is 326 g/mol. The molecule has 0 aliphatic carbocycles.